The maximum absolute atomic E-state index is 13.0. The minimum atomic E-state index is -0.382. The van der Waals surface area contributed by atoms with Crippen molar-refractivity contribution in [2.45, 2.75) is 0 Å². The summed E-state index contributed by atoms with van der Waals surface area (Å²) in [6.45, 7) is 1.93. The van der Waals surface area contributed by atoms with Gasteiger partial charge in [0.25, 0.3) is 11.5 Å². The van der Waals surface area contributed by atoms with Crippen molar-refractivity contribution in [3.8, 4) is 0 Å². The molecule has 25 heavy (non-hydrogen) atoms. The minimum Gasteiger partial charge on any atom is -0.354 e. The highest BCUT2D eigenvalue weighted by Crippen LogP contribution is 2.14. The second-order valence-corrected chi connectivity index (χ2v) is 6.03. The van der Waals surface area contributed by atoms with Gasteiger partial charge in [-0.05, 0) is 24.3 Å². The van der Waals surface area contributed by atoms with E-state index in [2.05, 4.69) is 0 Å². The van der Waals surface area contributed by atoms with E-state index in [9.17, 15) is 18.8 Å². The average Bonchev–Trinajstić information content (AvgIpc) is 2.63. The van der Waals surface area contributed by atoms with Gasteiger partial charge < -0.3 is 9.80 Å². The highest BCUT2D eigenvalue weighted by atomic mass is 19.1. The predicted molar refractivity (Wildman–Crippen MR) is 91.4 cm³/mol. The van der Waals surface area contributed by atoms with Crippen LogP contribution in [0.2, 0.25) is 0 Å². The molecule has 0 unspecified atom stereocenters. The first-order valence-electron chi connectivity index (χ1n) is 7.95. The van der Waals surface area contributed by atoms with Gasteiger partial charge in [-0.15, -0.1) is 0 Å². The Morgan fingerprint density at radius 2 is 1.56 bits per heavy atom. The number of hydrogen-bond acceptors (Lipinski definition) is 4. The molecule has 0 aliphatic carbocycles. The fourth-order valence-corrected chi connectivity index (χ4v) is 2.94. The number of benzene rings is 1. The number of piperazine rings is 1. The van der Waals surface area contributed by atoms with Gasteiger partial charge in [-0.1, -0.05) is 0 Å². The molecule has 2 aromatic rings. The molecule has 1 aromatic carbocycles. The third-order valence-corrected chi connectivity index (χ3v) is 4.48. The number of halogens is 1. The van der Waals surface area contributed by atoms with E-state index in [0.717, 1.165) is 4.57 Å². The summed E-state index contributed by atoms with van der Waals surface area (Å²) in [5.74, 6) is 0.00689. The van der Waals surface area contributed by atoms with Crippen molar-refractivity contribution in [1.82, 2.24) is 14.0 Å². The number of carbonyl (C=O) groups is 1. The smallest absolute Gasteiger partial charge is 0.332 e. The molecule has 132 valence electrons. The molecule has 0 radical (unpaired) electrons. The first-order valence-corrected chi connectivity index (χ1v) is 7.95. The number of nitrogens with zero attached hydrogens (tertiary/aromatic N) is 4. The van der Waals surface area contributed by atoms with Crippen LogP contribution in [-0.4, -0.2) is 46.1 Å². The molecule has 1 aliphatic rings. The lowest BCUT2D eigenvalue weighted by atomic mass is 10.2. The maximum atomic E-state index is 13.0. The zero-order valence-corrected chi connectivity index (χ0v) is 14.1. The number of anilines is 1. The quantitative estimate of drug-likeness (QED) is 0.778. The summed E-state index contributed by atoms with van der Waals surface area (Å²) >= 11 is 0. The van der Waals surface area contributed by atoms with Gasteiger partial charge in [0.1, 0.15) is 11.6 Å². The SMILES string of the molecule is Cn1c(N2CCN(C(=O)c3ccc(F)cc3)CC2)cc(=O)n(C)c1=O. The van der Waals surface area contributed by atoms with E-state index < -0.39 is 0 Å². The molecular weight excluding hydrogens is 327 g/mol. The van der Waals surface area contributed by atoms with Gasteiger partial charge in [0.2, 0.25) is 0 Å². The summed E-state index contributed by atoms with van der Waals surface area (Å²) in [7, 11) is 3.06. The monoisotopic (exact) mass is 346 g/mol. The van der Waals surface area contributed by atoms with Gasteiger partial charge in [0.05, 0.1) is 0 Å². The van der Waals surface area contributed by atoms with Gasteiger partial charge in [0.15, 0.2) is 0 Å². The van der Waals surface area contributed by atoms with Crippen LogP contribution in [0.15, 0.2) is 39.9 Å². The van der Waals surface area contributed by atoms with Gasteiger partial charge in [-0.3, -0.25) is 18.7 Å². The second kappa shape index (κ2) is 6.54. The maximum Gasteiger partial charge on any atom is 0.332 e. The Labute approximate surface area is 143 Å². The first kappa shape index (κ1) is 16.9. The molecule has 1 fully saturated rings. The minimum absolute atomic E-state index is 0.155. The van der Waals surface area contributed by atoms with Gasteiger partial charge >= 0.3 is 5.69 Å². The number of carbonyl (C=O) groups excluding carboxylic acids is 1. The average molecular weight is 346 g/mol. The largest absolute Gasteiger partial charge is 0.354 e. The van der Waals surface area contributed by atoms with E-state index in [1.54, 1.807) is 11.9 Å². The van der Waals surface area contributed by atoms with E-state index in [-0.39, 0.29) is 23.0 Å². The summed E-state index contributed by atoms with van der Waals surface area (Å²) < 4.78 is 15.5. The number of amides is 1. The Morgan fingerprint density at radius 1 is 0.960 bits per heavy atom. The summed E-state index contributed by atoms with van der Waals surface area (Å²) in [5.41, 5.74) is -0.300. The standard InChI is InChI=1S/C17H19FN4O3/c1-19-14(11-15(23)20(2)17(19)25)21-7-9-22(10-8-21)16(24)12-3-5-13(18)6-4-12/h3-6,11H,7-10H2,1-2H3. The van der Waals surface area contributed by atoms with Crippen molar-refractivity contribution in [3.05, 3.63) is 62.6 Å². The van der Waals surface area contributed by atoms with Crippen LogP contribution in [0.4, 0.5) is 10.2 Å². The van der Waals surface area contributed by atoms with Crippen LogP contribution < -0.4 is 16.1 Å². The zero-order chi connectivity index (χ0) is 18.1. The molecule has 1 amide bonds. The fraction of sp³-hybridized carbons (Fsp3) is 0.353. The Balaban J connectivity index is 1.74. The van der Waals surface area contributed by atoms with Crippen molar-refractivity contribution in [2.75, 3.05) is 31.1 Å². The molecule has 0 N–H and O–H groups in total. The molecule has 0 atom stereocenters. The van der Waals surface area contributed by atoms with Crippen LogP contribution in [0.3, 0.4) is 0 Å². The Bertz CT molecular complexity index is 909. The van der Waals surface area contributed by atoms with Crippen molar-refractivity contribution < 1.29 is 9.18 Å². The Kier molecular flexibility index (Phi) is 4.43. The van der Waals surface area contributed by atoms with Gasteiger partial charge in [-0.25, -0.2) is 9.18 Å². The van der Waals surface area contributed by atoms with Gasteiger partial charge in [0, 0.05) is 51.9 Å². The molecular formula is C17H19FN4O3. The summed E-state index contributed by atoms with van der Waals surface area (Å²) in [6.07, 6.45) is 0. The Morgan fingerprint density at radius 3 is 2.16 bits per heavy atom. The molecule has 7 nitrogen and oxygen atoms in total. The lowest BCUT2D eigenvalue weighted by molar-refractivity contribution is 0.0746. The molecule has 0 spiro atoms. The van der Waals surface area contributed by atoms with Crippen molar-refractivity contribution in [3.63, 3.8) is 0 Å². The lowest BCUT2D eigenvalue weighted by Gasteiger charge is -2.36. The van der Waals surface area contributed by atoms with E-state index in [4.69, 9.17) is 0 Å². The predicted octanol–water partition coefficient (Wildman–Crippen LogP) is 0.185. The van der Waals surface area contributed by atoms with Crippen LogP contribution >= 0.6 is 0 Å². The molecule has 8 heteroatoms. The third kappa shape index (κ3) is 3.19. The van der Waals surface area contributed by atoms with Crippen molar-refractivity contribution >= 4 is 11.7 Å². The molecule has 1 saturated heterocycles. The van der Waals surface area contributed by atoms with Crippen molar-refractivity contribution in [2.24, 2.45) is 14.1 Å². The second-order valence-electron chi connectivity index (χ2n) is 6.03. The van der Waals surface area contributed by atoms with Gasteiger partial charge in [-0.2, -0.15) is 0 Å². The topological polar surface area (TPSA) is 67.5 Å². The lowest BCUT2D eigenvalue weighted by Crippen LogP contribution is -2.51. The number of aromatic nitrogens is 2. The fourth-order valence-electron chi connectivity index (χ4n) is 2.94. The summed E-state index contributed by atoms with van der Waals surface area (Å²) in [4.78, 5) is 40.0. The third-order valence-electron chi connectivity index (χ3n) is 4.48. The zero-order valence-electron chi connectivity index (χ0n) is 14.1. The molecule has 2 heterocycles. The van der Waals surface area contributed by atoms with Crippen molar-refractivity contribution in [1.29, 1.82) is 0 Å². The summed E-state index contributed by atoms with van der Waals surface area (Å²) in [6, 6.07) is 6.89. The van der Waals surface area contributed by atoms with Crippen LogP contribution in [-0.2, 0) is 14.1 Å². The van der Waals surface area contributed by atoms with E-state index in [0.29, 0.717) is 37.6 Å². The van der Waals surface area contributed by atoms with Crippen LogP contribution in [0.25, 0.3) is 0 Å². The van der Waals surface area contributed by atoms with Crippen LogP contribution in [0.1, 0.15) is 10.4 Å². The number of rotatable bonds is 2. The highest BCUT2D eigenvalue weighted by molar-refractivity contribution is 5.94. The summed E-state index contributed by atoms with van der Waals surface area (Å²) in [5, 5.41) is 0. The molecule has 0 saturated carbocycles. The van der Waals surface area contributed by atoms with E-state index >= 15 is 0 Å². The highest BCUT2D eigenvalue weighted by Gasteiger charge is 2.24. The first-order chi connectivity index (χ1) is 11.9. The van der Waals surface area contributed by atoms with E-state index in [1.807, 2.05) is 4.90 Å². The normalized spacial score (nSPS) is 14.7. The number of hydrogen-bond donors (Lipinski definition) is 0. The molecule has 1 aliphatic heterocycles. The molecule has 3 rings (SSSR count). The molecule has 0 bridgehead atoms. The van der Waals surface area contributed by atoms with Crippen LogP contribution in [0.5, 0.6) is 0 Å². The Hall–Kier alpha value is -2.90. The van der Waals surface area contributed by atoms with Crippen LogP contribution in [0, 0.1) is 5.82 Å². The molecule has 1 aromatic heterocycles. The van der Waals surface area contributed by atoms with E-state index in [1.165, 1.54) is 41.9 Å².